The van der Waals surface area contributed by atoms with Crippen LogP contribution in [-0.4, -0.2) is 0 Å². The van der Waals surface area contributed by atoms with E-state index in [1.165, 1.54) is 30.4 Å². The standard InChI is InChI=1S/C15H22/c1-4-5-6-7-8-14-9-11-15(12-10-14)13(2)3/h7-13H,4-6H2,1-3H3. The lowest BCUT2D eigenvalue weighted by molar-refractivity contribution is 0.816. The van der Waals surface area contributed by atoms with Crippen molar-refractivity contribution in [3.05, 3.63) is 41.5 Å². The number of benzene rings is 1. The molecule has 0 spiro atoms. The molecule has 0 unspecified atom stereocenters. The Morgan fingerprint density at radius 2 is 1.80 bits per heavy atom. The fourth-order valence-electron chi connectivity index (χ4n) is 1.53. The summed E-state index contributed by atoms with van der Waals surface area (Å²) >= 11 is 0. The van der Waals surface area contributed by atoms with Crippen molar-refractivity contribution in [2.24, 2.45) is 0 Å². The summed E-state index contributed by atoms with van der Waals surface area (Å²) in [7, 11) is 0. The number of rotatable bonds is 5. The average Bonchev–Trinajstić information content (AvgIpc) is 2.25. The molecule has 0 fully saturated rings. The van der Waals surface area contributed by atoms with Crippen LogP contribution >= 0.6 is 0 Å². The molecule has 0 aliphatic carbocycles. The summed E-state index contributed by atoms with van der Waals surface area (Å²) in [5.74, 6) is 0.628. The Labute approximate surface area is 94.0 Å². The molecule has 0 bridgehead atoms. The van der Waals surface area contributed by atoms with Crippen LogP contribution in [0.5, 0.6) is 0 Å². The van der Waals surface area contributed by atoms with Crippen molar-refractivity contribution in [2.75, 3.05) is 0 Å². The minimum absolute atomic E-state index is 0.628. The van der Waals surface area contributed by atoms with Gasteiger partial charge in [0.1, 0.15) is 0 Å². The van der Waals surface area contributed by atoms with E-state index >= 15 is 0 Å². The Hall–Kier alpha value is -1.04. The van der Waals surface area contributed by atoms with Crippen molar-refractivity contribution < 1.29 is 0 Å². The molecule has 15 heavy (non-hydrogen) atoms. The fourth-order valence-corrected chi connectivity index (χ4v) is 1.53. The molecule has 0 saturated carbocycles. The summed E-state index contributed by atoms with van der Waals surface area (Å²) in [6.45, 7) is 6.68. The van der Waals surface area contributed by atoms with Crippen molar-refractivity contribution in [1.29, 1.82) is 0 Å². The summed E-state index contributed by atoms with van der Waals surface area (Å²) in [4.78, 5) is 0. The molecule has 0 aromatic heterocycles. The van der Waals surface area contributed by atoms with Gasteiger partial charge in [0.2, 0.25) is 0 Å². The second-order valence-electron chi connectivity index (χ2n) is 4.37. The highest BCUT2D eigenvalue weighted by molar-refractivity contribution is 5.49. The monoisotopic (exact) mass is 202 g/mol. The molecular weight excluding hydrogens is 180 g/mol. The molecule has 0 atom stereocenters. The third-order valence-corrected chi connectivity index (χ3v) is 2.64. The molecule has 0 aliphatic rings. The summed E-state index contributed by atoms with van der Waals surface area (Å²) in [6, 6.07) is 8.86. The van der Waals surface area contributed by atoms with Gasteiger partial charge in [0.25, 0.3) is 0 Å². The maximum absolute atomic E-state index is 2.27. The summed E-state index contributed by atoms with van der Waals surface area (Å²) in [5, 5.41) is 0. The Morgan fingerprint density at radius 1 is 1.13 bits per heavy atom. The molecule has 0 nitrogen and oxygen atoms in total. The van der Waals surface area contributed by atoms with Gasteiger partial charge in [-0.05, 0) is 23.5 Å². The third-order valence-electron chi connectivity index (χ3n) is 2.64. The maximum Gasteiger partial charge on any atom is -0.0219 e. The average molecular weight is 202 g/mol. The van der Waals surface area contributed by atoms with Crippen LogP contribution in [0.2, 0.25) is 0 Å². The number of allylic oxidation sites excluding steroid dienone is 1. The van der Waals surface area contributed by atoms with Crippen LogP contribution in [0.15, 0.2) is 30.3 Å². The van der Waals surface area contributed by atoms with Gasteiger partial charge in [-0.3, -0.25) is 0 Å². The molecule has 0 saturated heterocycles. The number of unbranched alkanes of at least 4 members (excludes halogenated alkanes) is 2. The van der Waals surface area contributed by atoms with Crippen LogP contribution in [-0.2, 0) is 0 Å². The second kappa shape index (κ2) is 6.44. The van der Waals surface area contributed by atoms with Gasteiger partial charge in [0.15, 0.2) is 0 Å². The summed E-state index contributed by atoms with van der Waals surface area (Å²) < 4.78 is 0. The highest BCUT2D eigenvalue weighted by Crippen LogP contribution is 2.15. The first-order valence-electron chi connectivity index (χ1n) is 6.00. The number of hydrogen-bond donors (Lipinski definition) is 0. The van der Waals surface area contributed by atoms with Crippen molar-refractivity contribution in [3.8, 4) is 0 Å². The Bertz CT molecular complexity index is 290. The molecule has 0 aliphatic heterocycles. The Kier molecular flexibility index (Phi) is 5.17. The number of hydrogen-bond acceptors (Lipinski definition) is 0. The topological polar surface area (TPSA) is 0 Å². The van der Waals surface area contributed by atoms with E-state index in [1.54, 1.807) is 0 Å². The first-order valence-corrected chi connectivity index (χ1v) is 6.00. The summed E-state index contributed by atoms with van der Waals surface area (Å²) in [6.07, 6.45) is 8.26. The van der Waals surface area contributed by atoms with E-state index in [4.69, 9.17) is 0 Å². The SMILES string of the molecule is CCCCC=Cc1ccc(C(C)C)cc1. The van der Waals surface area contributed by atoms with Gasteiger partial charge in [-0.2, -0.15) is 0 Å². The molecule has 82 valence electrons. The zero-order valence-corrected chi connectivity index (χ0v) is 10.2. The van der Waals surface area contributed by atoms with Crippen LogP contribution in [0.1, 0.15) is 57.1 Å². The summed E-state index contributed by atoms with van der Waals surface area (Å²) in [5.41, 5.74) is 2.73. The normalized spacial score (nSPS) is 11.5. The van der Waals surface area contributed by atoms with Gasteiger partial charge in [0, 0.05) is 0 Å². The van der Waals surface area contributed by atoms with Gasteiger partial charge in [0.05, 0.1) is 0 Å². The van der Waals surface area contributed by atoms with Crippen LogP contribution in [0.25, 0.3) is 6.08 Å². The van der Waals surface area contributed by atoms with E-state index in [-0.39, 0.29) is 0 Å². The molecule has 0 radical (unpaired) electrons. The van der Waals surface area contributed by atoms with Gasteiger partial charge in [-0.1, -0.05) is 70.0 Å². The minimum Gasteiger partial charge on any atom is -0.0839 e. The van der Waals surface area contributed by atoms with Crippen molar-refractivity contribution >= 4 is 6.08 Å². The quantitative estimate of drug-likeness (QED) is 0.588. The predicted molar refractivity (Wildman–Crippen MR) is 69.1 cm³/mol. The van der Waals surface area contributed by atoms with Gasteiger partial charge in [-0.15, -0.1) is 0 Å². The van der Waals surface area contributed by atoms with E-state index < -0.39 is 0 Å². The highest BCUT2D eigenvalue weighted by Gasteiger charge is 1.96. The molecule has 1 aromatic rings. The molecule has 0 amide bonds. The van der Waals surface area contributed by atoms with Crippen molar-refractivity contribution in [1.82, 2.24) is 0 Å². The van der Waals surface area contributed by atoms with Crippen LogP contribution < -0.4 is 0 Å². The highest BCUT2D eigenvalue weighted by atomic mass is 14.0. The predicted octanol–water partition coefficient (Wildman–Crippen LogP) is 5.01. The minimum atomic E-state index is 0.628. The van der Waals surface area contributed by atoms with E-state index in [0.29, 0.717) is 5.92 Å². The van der Waals surface area contributed by atoms with E-state index in [9.17, 15) is 0 Å². The van der Waals surface area contributed by atoms with E-state index in [1.807, 2.05) is 0 Å². The molecule has 1 aromatic carbocycles. The van der Waals surface area contributed by atoms with Crippen molar-refractivity contribution in [3.63, 3.8) is 0 Å². The molecular formula is C15H22. The molecule has 0 heteroatoms. The van der Waals surface area contributed by atoms with Gasteiger partial charge in [-0.25, -0.2) is 0 Å². The zero-order valence-electron chi connectivity index (χ0n) is 10.2. The smallest absolute Gasteiger partial charge is 0.0219 e. The van der Waals surface area contributed by atoms with Gasteiger partial charge < -0.3 is 0 Å². The second-order valence-corrected chi connectivity index (χ2v) is 4.37. The van der Waals surface area contributed by atoms with Gasteiger partial charge >= 0.3 is 0 Å². The van der Waals surface area contributed by atoms with Crippen LogP contribution in [0.4, 0.5) is 0 Å². The molecule has 0 N–H and O–H groups in total. The van der Waals surface area contributed by atoms with E-state index in [2.05, 4.69) is 57.2 Å². The first kappa shape index (κ1) is 12.0. The van der Waals surface area contributed by atoms with E-state index in [0.717, 1.165) is 0 Å². The lowest BCUT2D eigenvalue weighted by Gasteiger charge is -2.04. The lowest BCUT2D eigenvalue weighted by Crippen LogP contribution is -1.85. The zero-order chi connectivity index (χ0) is 11.1. The Morgan fingerprint density at radius 3 is 2.33 bits per heavy atom. The fraction of sp³-hybridized carbons (Fsp3) is 0.467. The van der Waals surface area contributed by atoms with Crippen molar-refractivity contribution in [2.45, 2.75) is 46.0 Å². The third kappa shape index (κ3) is 4.33. The van der Waals surface area contributed by atoms with Crippen LogP contribution in [0, 0.1) is 0 Å². The molecule has 0 heterocycles. The maximum atomic E-state index is 2.27. The first-order chi connectivity index (χ1) is 7.24. The molecule has 1 rings (SSSR count). The largest absolute Gasteiger partial charge is 0.0839 e. The Balaban J connectivity index is 2.53. The van der Waals surface area contributed by atoms with Crippen LogP contribution in [0.3, 0.4) is 0 Å². The lowest BCUT2D eigenvalue weighted by atomic mass is 10.0.